The van der Waals surface area contributed by atoms with Crippen molar-refractivity contribution in [3.8, 4) is 0 Å². The van der Waals surface area contributed by atoms with Gasteiger partial charge < -0.3 is 15.4 Å². The zero-order chi connectivity index (χ0) is 12.4. The number of morpholine rings is 1. The number of nitrogens with two attached hydrogens (primary N) is 1. The Balaban J connectivity index is 2.30. The molecule has 1 amide bonds. The summed E-state index contributed by atoms with van der Waals surface area (Å²) in [4.78, 5) is 13.0. The van der Waals surface area contributed by atoms with Gasteiger partial charge in [-0.15, -0.1) is 0 Å². The minimum atomic E-state index is -0.486. The van der Waals surface area contributed by atoms with Crippen LogP contribution >= 0.6 is 11.6 Å². The molecule has 6 heteroatoms. The molecule has 4 nitrogen and oxygen atoms in total. The van der Waals surface area contributed by atoms with Gasteiger partial charge in [-0.05, 0) is 18.2 Å². The molecular formula is C11H12ClFN2O2. The van der Waals surface area contributed by atoms with Gasteiger partial charge in [-0.3, -0.25) is 4.79 Å². The first-order valence-electron chi connectivity index (χ1n) is 5.19. The Morgan fingerprint density at radius 3 is 3.06 bits per heavy atom. The van der Waals surface area contributed by atoms with Crippen LogP contribution in [0.4, 0.5) is 10.1 Å². The Kier molecular flexibility index (Phi) is 3.61. The number of carbonyl (C=O) groups excluding carboxylic acids is 1. The quantitative estimate of drug-likeness (QED) is 0.866. The number of ether oxygens (including phenoxy) is 1. The van der Waals surface area contributed by atoms with Crippen molar-refractivity contribution < 1.29 is 13.9 Å². The standard InChI is InChI=1S/C11H12ClFN2O2/c12-7-1-2-9(13)10(3-7)15-5-8(4-14)17-6-11(15)16/h1-3,8H,4-6,14H2. The monoisotopic (exact) mass is 258 g/mol. The molecule has 92 valence electrons. The fraction of sp³-hybridized carbons (Fsp3) is 0.364. The summed E-state index contributed by atoms with van der Waals surface area (Å²) >= 11 is 5.79. The fourth-order valence-corrected chi connectivity index (χ4v) is 1.86. The SMILES string of the molecule is NCC1CN(c2cc(Cl)ccc2F)C(=O)CO1. The third kappa shape index (κ3) is 2.57. The van der Waals surface area contributed by atoms with E-state index in [-0.39, 0.29) is 37.4 Å². The lowest BCUT2D eigenvalue weighted by Gasteiger charge is -2.32. The van der Waals surface area contributed by atoms with Gasteiger partial charge in [-0.1, -0.05) is 11.6 Å². The van der Waals surface area contributed by atoms with Crippen LogP contribution in [-0.4, -0.2) is 31.7 Å². The second kappa shape index (κ2) is 5.00. The van der Waals surface area contributed by atoms with Gasteiger partial charge in [0.15, 0.2) is 0 Å². The lowest BCUT2D eigenvalue weighted by atomic mass is 10.2. The summed E-state index contributed by atoms with van der Waals surface area (Å²) in [6.07, 6.45) is -0.272. The molecule has 2 rings (SSSR count). The molecule has 1 heterocycles. The number of hydrogen-bond acceptors (Lipinski definition) is 3. The maximum Gasteiger partial charge on any atom is 0.253 e. The number of anilines is 1. The highest BCUT2D eigenvalue weighted by Crippen LogP contribution is 2.25. The molecule has 0 bridgehead atoms. The van der Waals surface area contributed by atoms with Crippen molar-refractivity contribution in [3.63, 3.8) is 0 Å². The summed E-state index contributed by atoms with van der Waals surface area (Å²) in [5.41, 5.74) is 5.64. The molecule has 1 fully saturated rings. The van der Waals surface area contributed by atoms with Crippen LogP contribution in [0.15, 0.2) is 18.2 Å². The van der Waals surface area contributed by atoms with Crippen molar-refractivity contribution >= 4 is 23.2 Å². The summed E-state index contributed by atoms with van der Waals surface area (Å²) in [7, 11) is 0. The number of halogens is 2. The third-order valence-corrected chi connectivity index (χ3v) is 2.83. The van der Waals surface area contributed by atoms with Gasteiger partial charge in [0.2, 0.25) is 0 Å². The molecule has 2 N–H and O–H groups in total. The van der Waals surface area contributed by atoms with Gasteiger partial charge in [-0.25, -0.2) is 4.39 Å². The highest BCUT2D eigenvalue weighted by molar-refractivity contribution is 6.30. The Labute approximate surface area is 103 Å². The predicted octanol–water partition coefficient (Wildman–Crippen LogP) is 1.17. The van der Waals surface area contributed by atoms with E-state index in [9.17, 15) is 9.18 Å². The Morgan fingerprint density at radius 2 is 2.35 bits per heavy atom. The predicted molar refractivity (Wildman–Crippen MR) is 62.6 cm³/mol. The zero-order valence-corrected chi connectivity index (χ0v) is 9.78. The normalized spacial score (nSPS) is 20.8. The molecule has 1 aromatic carbocycles. The Morgan fingerprint density at radius 1 is 1.59 bits per heavy atom. The summed E-state index contributed by atoms with van der Waals surface area (Å²) in [6.45, 7) is 0.437. The second-order valence-corrected chi connectivity index (χ2v) is 4.21. The van der Waals surface area contributed by atoms with Crippen molar-refractivity contribution in [2.24, 2.45) is 5.73 Å². The highest BCUT2D eigenvalue weighted by atomic mass is 35.5. The van der Waals surface area contributed by atoms with E-state index in [0.29, 0.717) is 5.02 Å². The molecular weight excluding hydrogens is 247 g/mol. The van der Waals surface area contributed by atoms with E-state index >= 15 is 0 Å². The fourth-order valence-electron chi connectivity index (χ4n) is 1.69. The second-order valence-electron chi connectivity index (χ2n) is 3.77. The van der Waals surface area contributed by atoms with E-state index in [2.05, 4.69) is 0 Å². The van der Waals surface area contributed by atoms with Crippen LogP contribution < -0.4 is 10.6 Å². The van der Waals surface area contributed by atoms with E-state index in [4.69, 9.17) is 22.1 Å². The molecule has 0 aliphatic carbocycles. The van der Waals surface area contributed by atoms with Gasteiger partial charge in [0, 0.05) is 11.6 Å². The lowest BCUT2D eigenvalue weighted by molar-refractivity contribution is -0.129. The minimum Gasteiger partial charge on any atom is -0.365 e. The van der Waals surface area contributed by atoms with Crippen molar-refractivity contribution in [2.45, 2.75) is 6.10 Å². The summed E-state index contributed by atoms with van der Waals surface area (Å²) in [5, 5.41) is 0.380. The van der Waals surface area contributed by atoms with E-state index in [1.807, 2.05) is 0 Å². The lowest BCUT2D eigenvalue weighted by Crippen LogP contribution is -2.49. The molecule has 0 spiro atoms. The van der Waals surface area contributed by atoms with Crippen molar-refractivity contribution in [1.29, 1.82) is 0 Å². The number of nitrogens with zero attached hydrogens (tertiary/aromatic N) is 1. The van der Waals surface area contributed by atoms with Crippen molar-refractivity contribution in [2.75, 3.05) is 24.6 Å². The van der Waals surface area contributed by atoms with Gasteiger partial charge >= 0.3 is 0 Å². The minimum absolute atomic E-state index is 0.0895. The molecule has 1 aromatic rings. The zero-order valence-electron chi connectivity index (χ0n) is 9.03. The number of rotatable bonds is 2. The average Bonchev–Trinajstić information content (AvgIpc) is 2.33. The molecule has 1 unspecified atom stereocenters. The summed E-state index contributed by atoms with van der Waals surface area (Å²) in [5.74, 6) is -0.781. The van der Waals surface area contributed by atoms with Crippen LogP contribution in [-0.2, 0) is 9.53 Å². The van der Waals surface area contributed by atoms with Crippen molar-refractivity contribution in [1.82, 2.24) is 0 Å². The topological polar surface area (TPSA) is 55.6 Å². The van der Waals surface area contributed by atoms with Crippen LogP contribution in [0.1, 0.15) is 0 Å². The first-order chi connectivity index (χ1) is 8.11. The number of benzene rings is 1. The van der Waals surface area contributed by atoms with Crippen LogP contribution in [0.2, 0.25) is 5.02 Å². The maximum atomic E-state index is 13.6. The molecule has 1 atom stereocenters. The first-order valence-corrected chi connectivity index (χ1v) is 5.56. The van der Waals surface area contributed by atoms with E-state index in [1.165, 1.54) is 23.1 Å². The smallest absolute Gasteiger partial charge is 0.253 e. The molecule has 1 saturated heterocycles. The number of amides is 1. The third-order valence-electron chi connectivity index (χ3n) is 2.59. The molecule has 1 aliphatic heterocycles. The van der Waals surface area contributed by atoms with Gasteiger partial charge in [0.05, 0.1) is 18.3 Å². The van der Waals surface area contributed by atoms with Crippen LogP contribution in [0.3, 0.4) is 0 Å². The largest absolute Gasteiger partial charge is 0.365 e. The van der Waals surface area contributed by atoms with Gasteiger partial charge in [-0.2, -0.15) is 0 Å². The van der Waals surface area contributed by atoms with Crippen molar-refractivity contribution in [3.05, 3.63) is 29.0 Å². The molecule has 1 aliphatic rings. The van der Waals surface area contributed by atoms with E-state index in [1.54, 1.807) is 0 Å². The van der Waals surface area contributed by atoms with Crippen LogP contribution in [0.25, 0.3) is 0 Å². The Hall–Kier alpha value is -1.17. The highest BCUT2D eigenvalue weighted by Gasteiger charge is 2.28. The van der Waals surface area contributed by atoms with Gasteiger partial charge in [0.25, 0.3) is 5.91 Å². The van der Waals surface area contributed by atoms with Crippen LogP contribution in [0.5, 0.6) is 0 Å². The molecule has 17 heavy (non-hydrogen) atoms. The van der Waals surface area contributed by atoms with E-state index in [0.717, 1.165) is 0 Å². The number of carbonyl (C=O) groups is 1. The first kappa shape index (κ1) is 12.3. The van der Waals surface area contributed by atoms with Crippen LogP contribution in [0, 0.1) is 5.82 Å². The summed E-state index contributed by atoms with van der Waals surface area (Å²) < 4.78 is 18.8. The van der Waals surface area contributed by atoms with E-state index < -0.39 is 5.82 Å². The summed E-state index contributed by atoms with van der Waals surface area (Å²) in [6, 6.07) is 4.09. The molecule has 0 saturated carbocycles. The maximum absolute atomic E-state index is 13.6. The average molecular weight is 259 g/mol. The molecule has 0 radical (unpaired) electrons. The molecule has 0 aromatic heterocycles. The van der Waals surface area contributed by atoms with Gasteiger partial charge in [0.1, 0.15) is 12.4 Å². The Bertz CT molecular complexity index is 441. The number of hydrogen-bond donors (Lipinski definition) is 1.